The van der Waals surface area contributed by atoms with Crippen LogP contribution in [0.1, 0.15) is 11.1 Å². The third kappa shape index (κ3) is 4.15. The van der Waals surface area contributed by atoms with E-state index in [0.29, 0.717) is 24.8 Å². The van der Waals surface area contributed by atoms with Crippen molar-refractivity contribution in [3.8, 4) is 16.5 Å². The fourth-order valence-corrected chi connectivity index (χ4v) is 3.16. The van der Waals surface area contributed by atoms with Gasteiger partial charge in [0, 0.05) is 0 Å². The van der Waals surface area contributed by atoms with Gasteiger partial charge in [0.2, 0.25) is 0 Å². The summed E-state index contributed by atoms with van der Waals surface area (Å²) in [4.78, 5) is 12.8. The Hall–Kier alpha value is -3.19. The number of nitrogens with zero attached hydrogens (tertiary/aromatic N) is 2. The first-order valence-electron chi connectivity index (χ1n) is 8.25. The molecule has 0 spiro atoms. The summed E-state index contributed by atoms with van der Waals surface area (Å²) < 4.78 is 25.1. The van der Waals surface area contributed by atoms with Gasteiger partial charge in [0.15, 0.2) is 0 Å². The Morgan fingerprint density at radius 2 is 1.78 bits per heavy atom. The van der Waals surface area contributed by atoms with Crippen molar-refractivity contribution >= 4 is 11.3 Å². The highest BCUT2D eigenvalue weighted by Crippen LogP contribution is 2.21. The lowest BCUT2D eigenvalue weighted by Gasteiger charge is -2.07. The number of rotatable bonds is 6. The van der Waals surface area contributed by atoms with Crippen LogP contribution in [0.25, 0.3) is 10.8 Å². The number of ether oxygens (including phenoxy) is 1. The zero-order valence-corrected chi connectivity index (χ0v) is 15.0. The van der Waals surface area contributed by atoms with E-state index in [1.807, 2.05) is 41.8 Å². The number of hydrogen-bond acceptors (Lipinski definition) is 5. The molecule has 5 nitrogen and oxygen atoms in total. The largest absolute Gasteiger partial charge is 0.489 e. The molecule has 0 aliphatic rings. The molecule has 0 unspecified atom stereocenters. The fourth-order valence-electron chi connectivity index (χ4n) is 2.52. The molecule has 0 saturated carbocycles. The molecule has 2 aromatic heterocycles. The van der Waals surface area contributed by atoms with Gasteiger partial charge >= 0.3 is 5.76 Å². The van der Waals surface area contributed by atoms with Crippen LogP contribution in [0.15, 0.2) is 75.3 Å². The first-order chi connectivity index (χ1) is 13.2. The molecule has 2 heterocycles. The van der Waals surface area contributed by atoms with E-state index in [4.69, 9.17) is 9.15 Å². The molecule has 0 bridgehead atoms. The van der Waals surface area contributed by atoms with E-state index < -0.39 is 5.76 Å². The summed E-state index contributed by atoms with van der Waals surface area (Å²) in [5.41, 5.74) is 1.79. The number of hydrogen-bond donors (Lipinski definition) is 0. The Morgan fingerprint density at radius 3 is 2.48 bits per heavy atom. The van der Waals surface area contributed by atoms with Crippen molar-refractivity contribution in [2.45, 2.75) is 13.2 Å². The SMILES string of the molecule is O=c1oc(-c2cccs2)nn1Cc1ccc(OCc2ccc(F)cc2)cc1. The molecule has 0 atom stereocenters. The van der Waals surface area contributed by atoms with Crippen LogP contribution < -0.4 is 10.5 Å². The zero-order valence-electron chi connectivity index (χ0n) is 14.2. The van der Waals surface area contributed by atoms with Crippen LogP contribution >= 0.6 is 11.3 Å². The van der Waals surface area contributed by atoms with Crippen LogP contribution in [-0.4, -0.2) is 9.78 Å². The van der Waals surface area contributed by atoms with Gasteiger partial charge in [-0.25, -0.2) is 9.18 Å². The van der Waals surface area contributed by atoms with Gasteiger partial charge in [0.05, 0.1) is 11.4 Å². The predicted octanol–water partition coefficient (Wildman–Crippen LogP) is 4.33. The summed E-state index contributed by atoms with van der Waals surface area (Å²) in [7, 11) is 0. The molecule has 0 saturated heterocycles. The number of benzene rings is 2. The average molecular weight is 382 g/mol. The summed E-state index contributed by atoms with van der Waals surface area (Å²) in [6.07, 6.45) is 0. The van der Waals surface area contributed by atoms with Crippen LogP contribution in [0.4, 0.5) is 4.39 Å². The Morgan fingerprint density at radius 1 is 1.04 bits per heavy atom. The summed E-state index contributed by atoms with van der Waals surface area (Å²) in [6.45, 7) is 0.665. The Bertz CT molecular complexity index is 1070. The molecular formula is C20H15FN2O3S. The van der Waals surface area contributed by atoms with Gasteiger partial charge in [0.25, 0.3) is 5.89 Å². The summed E-state index contributed by atoms with van der Waals surface area (Å²) in [5, 5.41) is 6.14. The highest BCUT2D eigenvalue weighted by Gasteiger charge is 2.11. The molecule has 0 fully saturated rings. The van der Waals surface area contributed by atoms with E-state index in [0.717, 1.165) is 16.0 Å². The molecular weight excluding hydrogens is 367 g/mol. The van der Waals surface area contributed by atoms with E-state index in [1.165, 1.54) is 28.2 Å². The van der Waals surface area contributed by atoms with Crippen molar-refractivity contribution < 1.29 is 13.5 Å². The molecule has 27 heavy (non-hydrogen) atoms. The van der Waals surface area contributed by atoms with Crippen molar-refractivity contribution in [3.05, 3.63) is 93.5 Å². The van der Waals surface area contributed by atoms with E-state index in [2.05, 4.69) is 5.10 Å². The van der Waals surface area contributed by atoms with Gasteiger partial charge in [-0.1, -0.05) is 30.3 Å². The van der Waals surface area contributed by atoms with Crippen molar-refractivity contribution in [2.24, 2.45) is 0 Å². The number of halogens is 1. The lowest BCUT2D eigenvalue weighted by atomic mass is 10.2. The molecule has 4 rings (SSSR count). The van der Waals surface area contributed by atoms with Crippen molar-refractivity contribution in [3.63, 3.8) is 0 Å². The van der Waals surface area contributed by atoms with Crippen molar-refractivity contribution in [2.75, 3.05) is 0 Å². The maximum Gasteiger partial charge on any atom is 0.437 e. The van der Waals surface area contributed by atoms with E-state index >= 15 is 0 Å². The lowest BCUT2D eigenvalue weighted by Crippen LogP contribution is -2.16. The summed E-state index contributed by atoms with van der Waals surface area (Å²) in [5.74, 6) is 0.257. The minimum atomic E-state index is -0.491. The topological polar surface area (TPSA) is 57.3 Å². The Kier molecular flexibility index (Phi) is 4.84. The standard InChI is InChI=1S/C20H15FN2O3S/c21-16-7-3-15(4-8-16)13-25-17-9-5-14(6-10-17)12-23-20(24)26-19(22-23)18-2-1-11-27-18/h1-11H,12-13H2. The fraction of sp³-hybridized carbons (Fsp3) is 0.100. The van der Waals surface area contributed by atoms with Gasteiger partial charge in [-0.2, -0.15) is 4.68 Å². The second-order valence-corrected chi connectivity index (χ2v) is 6.81. The second kappa shape index (κ2) is 7.59. The predicted molar refractivity (Wildman–Crippen MR) is 100 cm³/mol. The minimum absolute atomic E-state index is 0.270. The molecule has 0 amide bonds. The van der Waals surface area contributed by atoms with Crippen LogP contribution in [-0.2, 0) is 13.2 Å². The molecule has 136 valence electrons. The van der Waals surface area contributed by atoms with Gasteiger partial charge in [0.1, 0.15) is 18.2 Å². The van der Waals surface area contributed by atoms with Gasteiger partial charge < -0.3 is 9.15 Å². The number of aromatic nitrogens is 2. The third-order valence-electron chi connectivity index (χ3n) is 3.91. The maximum atomic E-state index is 12.9. The van der Waals surface area contributed by atoms with Gasteiger partial charge in [-0.3, -0.25) is 0 Å². The number of thiophene rings is 1. The minimum Gasteiger partial charge on any atom is -0.489 e. The van der Waals surface area contributed by atoms with Gasteiger partial charge in [-0.05, 0) is 46.8 Å². The molecule has 0 aliphatic carbocycles. The molecule has 7 heteroatoms. The van der Waals surface area contributed by atoms with Crippen molar-refractivity contribution in [1.82, 2.24) is 9.78 Å². The quantitative estimate of drug-likeness (QED) is 0.498. The highest BCUT2D eigenvalue weighted by atomic mass is 32.1. The van der Waals surface area contributed by atoms with Crippen molar-refractivity contribution in [1.29, 1.82) is 0 Å². The maximum absolute atomic E-state index is 12.9. The molecule has 0 aliphatic heterocycles. The average Bonchev–Trinajstić information content (AvgIpc) is 3.33. The summed E-state index contributed by atoms with van der Waals surface area (Å²) in [6, 6.07) is 17.3. The van der Waals surface area contributed by atoms with Gasteiger partial charge in [-0.15, -0.1) is 16.4 Å². The Balaban J connectivity index is 1.41. The first-order valence-corrected chi connectivity index (χ1v) is 9.13. The van der Waals surface area contributed by atoms with Crippen LogP contribution in [0.3, 0.4) is 0 Å². The normalized spacial score (nSPS) is 10.9. The van der Waals surface area contributed by atoms with E-state index in [-0.39, 0.29) is 5.82 Å². The lowest BCUT2D eigenvalue weighted by molar-refractivity contribution is 0.306. The summed E-state index contributed by atoms with van der Waals surface area (Å²) >= 11 is 1.46. The van der Waals surface area contributed by atoms with Crippen LogP contribution in [0, 0.1) is 5.82 Å². The second-order valence-electron chi connectivity index (χ2n) is 5.87. The first kappa shape index (κ1) is 17.2. The van der Waals surface area contributed by atoms with E-state index in [9.17, 15) is 9.18 Å². The molecule has 4 aromatic rings. The monoisotopic (exact) mass is 382 g/mol. The van der Waals surface area contributed by atoms with Crippen LogP contribution in [0.5, 0.6) is 5.75 Å². The highest BCUT2D eigenvalue weighted by molar-refractivity contribution is 7.13. The van der Waals surface area contributed by atoms with Crippen LogP contribution in [0.2, 0.25) is 0 Å². The molecule has 0 radical (unpaired) electrons. The molecule has 2 aromatic carbocycles. The third-order valence-corrected chi connectivity index (χ3v) is 4.77. The Labute approximate surface area is 158 Å². The van der Waals surface area contributed by atoms with E-state index in [1.54, 1.807) is 12.1 Å². The molecule has 0 N–H and O–H groups in total. The smallest absolute Gasteiger partial charge is 0.437 e. The zero-order chi connectivity index (χ0) is 18.6.